The van der Waals surface area contributed by atoms with Gasteiger partial charge in [0, 0.05) is 17.2 Å². The van der Waals surface area contributed by atoms with Gasteiger partial charge in [-0.05, 0) is 37.3 Å². The van der Waals surface area contributed by atoms with Crippen LogP contribution < -0.4 is 19.6 Å². The highest BCUT2D eigenvalue weighted by Crippen LogP contribution is 2.31. The van der Waals surface area contributed by atoms with Crippen molar-refractivity contribution in [2.45, 2.75) is 6.92 Å². The zero-order valence-electron chi connectivity index (χ0n) is 14.2. The summed E-state index contributed by atoms with van der Waals surface area (Å²) in [6.45, 7) is 2.47. The largest absolute Gasteiger partial charge is 0.496 e. The molecule has 0 unspecified atom stereocenters. The molecule has 1 amide bonds. The van der Waals surface area contributed by atoms with E-state index in [-0.39, 0.29) is 5.91 Å². The summed E-state index contributed by atoms with van der Waals surface area (Å²) in [6, 6.07) is 10.1. The molecule has 0 atom stereocenters. The Hall–Kier alpha value is -2.73. The summed E-state index contributed by atoms with van der Waals surface area (Å²) in [7, 11) is 3.05. The molecule has 132 valence electrons. The monoisotopic (exact) mass is 362 g/mol. The number of hydrazone groups is 1. The summed E-state index contributed by atoms with van der Waals surface area (Å²) < 4.78 is 15.7. The molecule has 2 rings (SSSR count). The van der Waals surface area contributed by atoms with Crippen LogP contribution in [0.2, 0.25) is 5.02 Å². The molecule has 0 heterocycles. The molecule has 2 aromatic carbocycles. The number of methoxy groups -OCH3 is 2. The van der Waals surface area contributed by atoms with Crippen molar-refractivity contribution in [1.82, 2.24) is 5.43 Å². The van der Waals surface area contributed by atoms with Gasteiger partial charge in [0.1, 0.15) is 17.2 Å². The van der Waals surface area contributed by atoms with Gasteiger partial charge < -0.3 is 14.2 Å². The van der Waals surface area contributed by atoms with Crippen molar-refractivity contribution in [3.63, 3.8) is 0 Å². The minimum absolute atomic E-state index is 0.335. The number of rotatable bonds is 7. The van der Waals surface area contributed by atoms with Crippen LogP contribution in [0.3, 0.4) is 0 Å². The highest BCUT2D eigenvalue weighted by Gasteiger charge is 2.09. The van der Waals surface area contributed by atoms with Gasteiger partial charge in [0.15, 0.2) is 0 Å². The van der Waals surface area contributed by atoms with E-state index >= 15 is 0 Å². The van der Waals surface area contributed by atoms with Crippen LogP contribution >= 0.6 is 11.6 Å². The highest BCUT2D eigenvalue weighted by molar-refractivity contribution is 6.32. The van der Waals surface area contributed by atoms with Crippen molar-refractivity contribution in [3.8, 4) is 17.2 Å². The maximum atomic E-state index is 12.1. The molecule has 7 heteroatoms. The first-order chi connectivity index (χ1) is 12.1. The lowest BCUT2D eigenvalue weighted by atomic mass is 10.2. The molecule has 0 saturated heterocycles. The summed E-state index contributed by atoms with van der Waals surface area (Å²) in [5.41, 5.74) is 3.54. The van der Waals surface area contributed by atoms with Gasteiger partial charge in [0.25, 0.3) is 5.91 Å². The first kappa shape index (κ1) is 18.6. The Kier molecular flexibility index (Phi) is 6.65. The Morgan fingerprint density at radius 1 is 1.16 bits per heavy atom. The summed E-state index contributed by atoms with van der Waals surface area (Å²) in [4.78, 5) is 12.1. The number of nitrogens with one attached hydrogen (secondary N) is 1. The number of hydrogen-bond acceptors (Lipinski definition) is 5. The SMILES string of the molecule is CCOc1ccc(C(=O)N/N=C\c2cc(Cl)c(OC)cc2OC)cc1. The van der Waals surface area contributed by atoms with Gasteiger partial charge in [0.2, 0.25) is 0 Å². The van der Waals surface area contributed by atoms with Gasteiger partial charge in [0.05, 0.1) is 32.1 Å². The third-order valence-electron chi connectivity index (χ3n) is 3.30. The fourth-order valence-corrected chi connectivity index (χ4v) is 2.33. The summed E-state index contributed by atoms with van der Waals surface area (Å²) >= 11 is 6.09. The zero-order chi connectivity index (χ0) is 18.2. The first-order valence-electron chi connectivity index (χ1n) is 7.56. The van der Waals surface area contributed by atoms with E-state index in [1.807, 2.05) is 6.92 Å². The van der Waals surface area contributed by atoms with Crippen molar-refractivity contribution in [1.29, 1.82) is 0 Å². The number of hydrogen-bond donors (Lipinski definition) is 1. The van der Waals surface area contributed by atoms with Crippen molar-refractivity contribution >= 4 is 23.7 Å². The molecular weight excluding hydrogens is 344 g/mol. The minimum Gasteiger partial charge on any atom is -0.496 e. The lowest BCUT2D eigenvalue weighted by Gasteiger charge is -2.09. The molecular formula is C18H19ClN2O4. The lowest BCUT2D eigenvalue weighted by Crippen LogP contribution is -2.17. The smallest absolute Gasteiger partial charge is 0.271 e. The average molecular weight is 363 g/mol. The summed E-state index contributed by atoms with van der Waals surface area (Å²) in [5, 5.41) is 4.37. The quantitative estimate of drug-likeness (QED) is 0.604. The molecule has 0 bridgehead atoms. The molecule has 25 heavy (non-hydrogen) atoms. The Labute approximate surface area is 151 Å². The maximum absolute atomic E-state index is 12.1. The van der Waals surface area contributed by atoms with Gasteiger partial charge in [-0.1, -0.05) is 11.6 Å². The Morgan fingerprint density at radius 2 is 1.84 bits per heavy atom. The fourth-order valence-electron chi connectivity index (χ4n) is 2.08. The van der Waals surface area contributed by atoms with Gasteiger partial charge in [-0.25, -0.2) is 5.43 Å². The Bertz CT molecular complexity index is 760. The van der Waals surface area contributed by atoms with E-state index in [0.717, 1.165) is 0 Å². The lowest BCUT2D eigenvalue weighted by molar-refractivity contribution is 0.0955. The van der Waals surface area contributed by atoms with E-state index in [0.29, 0.717) is 40.0 Å². The van der Waals surface area contributed by atoms with E-state index in [1.54, 1.807) is 36.4 Å². The number of nitrogens with zero attached hydrogens (tertiary/aromatic N) is 1. The molecule has 0 saturated carbocycles. The third kappa shape index (κ3) is 4.87. The van der Waals surface area contributed by atoms with E-state index in [9.17, 15) is 4.79 Å². The first-order valence-corrected chi connectivity index (χ1v) is 7.94. The van der Waals surface area contributed by atoms with Crippen LogP contribution in [0.25, 0.3) is 0 Å². The highest BCUT2D eigenvalue weighted by atomic mass is 35.5. The number of carbonyl (C=O) groups is 1. The number of amides is 1. The number of halogens is 1. The molecule has 6 nitrogen and oxygen atoms in total. The predicted molar refractivity (Wildman–Crippen MR) is 97.2 cm³/mol. The molecule has 0 aliphatic rings. The van der Waals surface area contributed by atoms with Crippen molar-refractivity contribution in [3.05, 3.63) is 52.5 Å². The van der Waals surface area contributed by atoms with Crippen LogP contribution in [0.1, 0.15) is 22.8 Å². The second-order valence-corrected chi connectivity index (χ2v) is 5.29. The molecule has 1 N–H and O–H groups in total. The van der Waals surface area contributed by atoms with Crippen LogP contribution in [0, 0.1) is 0 Å². The standard InChI is InChI=1S/C18H19ClN2O4/c1-4-25-14-7-5-12(6-8-14)18(22)21-20-11-13-9-15(19)17(24-3)10-16(13)23-2/h5-11H,4H2,1-3H3,(H,21,22)/b20-11-. The maximum Gasteiger partial charge on any atom is 0.271 e. The van der Waals surface area contributed by atoms with E-state index in [1.165, 1.54) is 20.4 Å². The predicted octanol–water partition coefficient (Wildman–Crippen LogP) is 3.52. The van der Waals surface area contributed by atoms with Crippen LogP contribution in [0.15, 0.2) is 41.5 Å². The van der Waals surface area contributed by atoms with Crippen LogP contribution in [-0.4, -0.2) is 32.9 Å². The normalized spacial score (nSPS) is 10.6. The van der Waals surface area contributed by atoms with Crippen molar-refractivity contribution < 1.29 is 19.0 Å². The summed E-state index contributed by atoms with van der Waals surface area (Å²) in [6.07, 6.45) is 1.45. The molecule has 0 aliphatic heterocycles. The van der Waals surface area contributed by atoms with Crippen LogP contribution in [0.5, 0.6) is 17.2 Å². The number of benzene rings is 2. The fraction of sp³-hybridized carbons (Fsp3) is 0.222. The molecule has 0 fully saturated rings. The van der Waals surface area contributed by atoms with Crippen molar-refractivity contribution in [2.75, 3.05) is 20.8 Å². The second-order valence-electron chi connectivity index (χ2n) is 4.89. The zero-order valence-corrected chi connectivity index (χ0v) is 15.0. The molecule has 0 aromatic heterocycles. The second kappa shape index (κ2) is 8.94. The Balaban J connectivity index is 2.07. The topological polar surface area (TPSA) is 69.2 Å². The summed E-state index contributed by atoms with van der Waals surface area (Å²) in [5.74, 6) is 1.40. The van der Waals surface area contributed by atoms with E-state index in [4.69, 9.17) is 25.8 Å². The molecule has 0 radical (unpaired) electrons. The van der Waals surface area contributed by atoms with Gasteiger partial charge in [-0.3, -0.25) is 4.79 Å². The Morgan fingerprint density at radius 3 is 2.44 bits per heavy atom. The van der Waals surface area contributed by atoms with Crippen LogP contribution in [0.4, 0.5) is 0 Å². The van der Waals surface area contributed by atoms with Crippen molar-refractivity contribution in [2.24, 2.45) is 5.10 Å². The molecule has 0 aliphatic carbocycles. The molecule has 2 aromatic rings. The van der Waals surface area contributed by atoms with Crippen LogP contribution in [-0.2, 0) is 0 Å². The van der Waals surface area contributed by atoms with E-state index < -0.39 is 0 Å². The minimum atomic E-state index is -0.335. The third-order valence-corrected chi connectivity index (χ3v) is 3.60. The van der Waals surface area contributed by atoms with E-state index in [2.05, 4.69) is 10.5 Å². The van der Waals surface area contributed by atoms with Gasteiger partial charge >= 0.3 is 0 Å². The number of ether oxygens (including phenoxy) is 3. The average Bonchev–Trinajstić information content (AvgIpc) is 2.62. The molecule has 0 spiro atoms. The van der Waals surface area contributed by atoms with Gasteiger partial charge in [-0.2, -0.15) is 5.10 Å². The number of carbonyl (C=O) groups excluding carboxylic acids is 1. The van der Waals surface area contributed by atoms with Gasteiger partial charge in [-0.15, -0.1) is 0 Å².